The Hall–Kier alpha value is -0.580. The van der Waals surface area contributed by atoms with Gasteiger partial charge in [-0.1, -0.05) is 15.9 Å². The molecule has 0 aliphatic carbocycles. The molecular formula is C9H13BrN2O2. The number of hydrogen-bond acceptors (Lipinski definition) is 2. The number of nitrogens with one attached hydrogen (secondary N) is 1. The normalized spacial score (nSPS) is 32.5. The Morgan fingerprint density at radius 1 is 1.43 bits per heavy atom. The smallest absolute Gasteiger partial charge is 0.236 e. The van der Waals surface area contributed by atoms with E-state index in [-0.39, 0.29) is 22.7 Å². The van der Waals surface area contributed by atoms with Crippen molar-refractivity contribution in [3.05, 3.63) is 0 Å². The third-order valence-electron chi connectivity index (χ3n) is 2.76. The largest absolute Gasteiger partial charge is 0.352 e. The highest BCUT2D eigenvalue weighted by atomic mass is 79.9. The number of amides is 2. The van der Waals surface area contributed by atoms with Crippen LogP contribution in [0.3, 0.4) is 0 Å². The van der Waals surface area contributed by atoms with E-state index in [4.69, 9.17) is 0 Å². The van der Waals surface area contributed by atoms with Gasteiger partial charge in [0.05, 0.1) is 4.83 Å². The van der Waals surface area contributed by atoms with Gasteiger partial charge >= 0.3 is 0 Å². The van der Waals surface area contributed by atoms with Gasteiger partial charge in [-0.05, 0) is 12.8 Å². The van der Waals surface area contributed by atoms with Crippen molar-refractivity contribution in [2.45, 2.75) is 30.1 Å². The molecule has 0 saturated carbocycles. The monoisotopic (exact) mass is 260 g/mol. The predicted octanol–water partition coefficient (Wildman–Crippen LogP) is 0.261. The van der Waals surface area contributed by atoms with Gasteiger partial charge in [0.2, 0.25) is 11.8 Å². The number of alkyl halides is 1. The highest BCUT2D eigenvalue weighted by Gasteiger charge is 2.32. The van der Waals surface area contributed by atoms with Gasteiger partial charge in [0.15, 0.2) is 0 Å². The molecule has 2 atom stereocenters. The molecule has 0 aromatic heterocycles. The molecule has 2 amide bonds. The van der Waals surface area contributed by atoms with Gasteiger partial charge in [0, 0.05) is 25.6 Å². The lowest BCUT2D eigenvalue weighted by molar-refractivity contribution is -0.127. The van der Waals surface area contributed by atoms with Gasteiger partial charge < -0.3 is 10.2 Å². The van der Waals surface area contributed by atoms with E-state index in [9.17, 15) is 9.59 Å². The van der Waals surface area contributed by atoms with Crippen molar-refractivity contribution in [2.75, 3.05) is 13.1 Å². The third-order valence-corrected chi connectivity index (χ3v) is 3.61. The topological polar surface area (TPSA) is 49.4 Å². The van der Waals surface area contributed by atoms with E-state index in [1.54, 1.807) is 0 Å². The van der Waals surface area contributed by atoms with Crippen molar-refractivity contribution in [2.24, 2.45) is 0 Å². The molecule has 0 aromatic rings. The minimum absolute atomic E-state index is 0.0143. The molecule has 0 spiro atoms. The second-order valence-corrected chi connectivity index (χ2v) is 4.95. The van der Waals surface area contributed by atoms with Crippen LogP contribution in [0.2, 0.25) is 0 Å². The summed E-state index contributed by atoms with van der Waals surface area (Å²) in [6.07, 6.45) is 2.33. The maximum absolute atomic E-state index is 11.5. The van der Waals surface area contributed by atoms with Crippen LogP contribution in [0.15, 0.2) is 0 Å². The first-order chi connectivity index (χ1) is 6.66. The van der Waals surface area contributed by atoms with E-state index >= 15 is 0 Å². The van der Waals surface area contributed by atoms with Gasteiger partial charge in [-0.15, -0.1) is 0 Å². The first-order valence-corrected chi connectivity index (χ1v) is 5.80. The van der Waals surface area contributed by atoms with Crippen molar-refractivity contribution in [3.8, 4) is 0 Å². The number of rotatable bonds is 2. The molecule has 2 fully saturated rings. The Kier molecular flexibility index (Phi) is 2.76. The van der Waals surface area contributed by atoms with Gasteiger partial charge in [0.1, 0.15) is 0 Å². The van der Waals surface area contributed by atoms with Crippen LogP contribution in [-0.2, 0) is 9.59 Å². The summed E-state index contributed by atoms with van der Waals surface area (Å²) in [4.78, 5) is 24.3. The lowest BCUT2D eigenvalue weighted by Gasteiger charge is -2.20. The molecule has 14 heavy (non-hydrogen) atoms. The third kappa shape index (κ3) is 1.92. The number of hydrogen-bond donors (Lipinski definition) is 1. The first-order valence-electron chi connectivity index (χ1n) is 4.89. The standard InChI is InChI=1S/C9H13BrN2O2/c10-7-3-4-12(9(7)14)5-6-1-2-8(13)11-6/h6-7H,1-5H2,(H,11,13). The predicted molar refractivity (Wildman–Crippen MR) is 55.1 cm³/mol. The summed E-state index contributed by atoms with van der Waals surface area (Å²) >= 11 is 3.33. The van der Waals surface area contributed by atoms with E-state index < -0.39 is 0 Å². The molecule has 2 aliphatic rings. The number of carbonyl (C=O) groups is 2. The minimum atomic E-state index is -0.0143. The SMILES string of the molecule is O=C1CCC(CN2CCC(Br)C2=O)N1. The minimum Gasteiger partial charge on any atom is -0.352 e. The molecule has 0 aromatic carbocycles. The first kappa shape index (κ1) is 9.96. The summed E-state index contributed by atoms with van der Waals surface area (Å²) in [5, 5.41) is 2.87. The second-order valence-electron chi connectivity index (χ2n) is 3.84. The Labute approximate surface area is 91.1 Å². The van der Waals surface area contributed by atoms with Crippen molar-refractivity contribution in [3.63, 3.8) is 0 Å². The number of nitrogens with zero attached hydrogens (tertiary/aromatic N) is 1. The summed E-state index contributed by atoms with van der Waals surface area (Å²) in [6.45, 7) is 1.48. The molecule has 4 nitrogen and oxygen atoms in total. The average Bonchev–Trinajstić information content (AvgIpc) is 2.67. The molecule has 2 heterocycles. The molecule has 5 heteroatoms. The molecule has 0 radical (unpaired) electrons. The Bertz CT molecular complexity index is 270. The number of halogens is 1. The van der Waals surface area contributed by atoms with Crippen molar-refractivity contribution in [1.82, 2.24) is 10.2 Å². The quantitative estimate of drug-likeness (QED) is 0.725. The van der Waals surface area contributed by atoms with Crippen LogP contribution in [-0.4, -0.2) is 40.7 Å². The van der Waals surface area contributed by atoms with Crippen LogP contribution >= 0.6 is 15.9 Å². The molecule has 0 bridgehead atoms. The van der Waals surface area contributed by atoms with E-state index in [0.717, 1.165) is 19.4 Å². The molecule has 2 unspecified atom stereocenters. The number of likely N-dealkylation sites (tertiary alicyclic amines) is 1. The lowest BCUT2D eigenvalue weighted by atomic mass is 10.2. The van der Waals surface area contributed by atoms with Crippen molar-refractivity contribution >= 4 is 27.7 Å². The van der Waals surface area contributed by atoms with E-state index in [1.807, 2.05) is 4.90 Å². The summed E-state index contributed by atoms with van der Waals surface area (Å²) in [7, 11) is 0. The molecule has 1 N–H and O–H groups in total. The molecule has 2 saturated heterocycles. The van der Waals surface area contributed by atoms with E-state index in [2.05, 4.69) is 21.2 Å². The zero-order valence-electron chi connectivity index (χ0n) is 7.83. The summed E-state index contributed by atoms with van der Waals surface area (Å²) in [5.41, 5.74) is 0. The molecule has 2 aliphatic heterocycles. The maximum atomic E-state index is 11.5. The zero-order valence-corrected chi connectivity index (χ0v) is 9.42. The van der Waals surface area contributed by atoms with Gasteiger partial charge in [-0.25, -0.2) is 0 Å². The fourth-order valence-corrected chi connectivity index (χ4v) is 2.46. The molecule has 78 valence electrons. The zero-order chi connectivity index (χ0) is 10.1. The highest BCUT2D eigenvalue weighted by Crippen LogP contribution is 2.19. The van der Waals surface area contributed by atoms with Crippen LogP contribution in [0.4, 0.5) is 0 Å². The fraction of sp³-hybridized carbons (Fsp3) is 0.778. The maximum Gasteiger partial charge on any atom is 0.236 e. The highest BCUT2D eigenvalue weighted by molar-refractivity contribution is 9.10. The van der Waals surface area contributed by atoms with Crippen molar-refractivity contribution in [1.29, 1.82) is 0 Å². The van der Waals surface area contributed by atoms with Crippen LogP contribution in [0, 0.1) is 0 Å². The Balaban J connectivity index is 1.86. The van der Waals surface area contributed by atoms with E-state index in [1.165, 1.54) is 0 Å². The van der Waals surface area contributed by atoms with Gasteiger partial charge in [0.25, 0.3) is 0 Å². The van der Waals surface area contributed by atoms with Crippen LogP contribution in [0.25, 0.3) is 0 Å². The van der Waals surface area contributed by atoms with Crippen molar-refractivity contribution < 1.29 is 9.59 Å². The summed E-state index contributed by atoms with van der Waals surface area (Å²) in [5.74, 6) is 0.267. The summed E-state index contributed by atoms with van der Waals surface area (Å²) < 4.78 is 0. The molecule has 2 rings (SSSR count). The van der Waals surface area contributed by atoms with Crippen LogP contribution < -0.4 is 5.32 Å². The second kappa shape index (κ2) is 3.88. The van der Waals surface area contributed by atoms with Crippen LogP contribution in [0.5, 0.6) is 0 Å². The lowest BCUT2D eigenvalue weighted by Crippen LogP contribution is -2.40. The number of carbonyl (C=O) groups excluding carboxylic acids is 2. The van der Waals surface area contributed by atoms with E-state index in [0.29, 0.717) is 13.0 Å². The van der Waals surface area contributed by atoms with Gasteiger partial charge in [-0.2, -0.15) is 0 Å². The van der Waals surface area contributed by atoms with Gasteiger partial charge in [-0.3, -0.25) is 9.59 Å². The summed E-state index contributed by atoms with van der Waals surface area (Å²) in [6, 6.07) is 0.171. The fourth-order valence-electron chi connectivity index (χ4n) is 1.96. The Morgan fingerprint density at radius 2 is 2.21 bits per heavy atom. The van der Waals surface area contributed by atoms with Crippen LogP contribution in [0.1, 0.15) is 19.3 Å². The average molecular weight is 261 g/mol. The molecular weight excluding hydrogens is 248 g/mol. The Morgan fingerprint density at radius 3 is 2.71 bits per heavy atom.